The van der Waals surface area contributed by atoms with Gasteiger partial charge in [-0.2, -0.15) is 0 Å². The topological polar surface area (TPSA) is 21.3 Å². The Kier molecular flexibility index (Phi) is 6.81. The molecule has 0 spiro atoms. The van der Waals surface area contributed by atoms with Gasteiger partial charge in [-0.15, -0.1) is 11.6 Å². The van der Waals surface area contributed by atoms with Gasteiger partial charge in [0.1, 0.15) is 0 Å². The van der Waals surface area contributed by atoms with Crippen molar-refractivity contribution in [2.45, 2.75) is 58.6 Å². The van der Waals surface area contributed by atoms with Crippen LogP contribution in [-0.2, 0) is 4.74 Å². The van der Waals surface area contributed by atoms with Crippen molar-refractivity contribution in [2.24, 2.45) is 0 Å². The first kappa shape index (κ1) is 15.2. The van der Waals surface area contributed by atoms with Gasteiger partial charge in [-0.05, 0) is 33.6 Å². The molecule has 0 aromatic carbocycles. The fourth-order valence-electron chi connectivity index (χ4n) is 1.41. The van der Waals surface area contributed by atoms with Gasteiger partial charge in [-0.25, -0.2) is 0 Å². The van der Waals surface area contributed by atoms with Crippen LogP contribution < -0.4 is 5.32 Å². The molecular formula is C12H26ClNO. The quantitative estimate of drug-likeness (QED) is 0.541. The van der Waals surface area contributed by atoms with Crippen molar-refractivity contribution in [3.8, 4) is 0 Å². The van der Waals surface area contributed by atoms with Crippen molar-refractivity contribution in [1.82, 2.24) is 5.32 Å². The predicted octanol–water partition coefficient (Wildman–Crippen LogP) is 3.19. The molecule has 0 amide bonds. The van der Waals surface area contributed by atoms with E-state index in [2.05, 4.69) is 39.9 Å². The van der Waals surface area contributed by atoms with E-state index in [1.807, 2.05) is 0 Å². The Morgan fingerprint density at radius 1 is 1.13 bits per heavy atom. The number of hydrogen-bond donors (Lipinski definition) is 1. The summed E-state index contributed by atoms with van der Waals surface area (Å²) >= 11 is 5.99. The first-order valence-electron chi connectivity index (χ1n) is 5.84. The minimum absolute atomic E-state index is 0.0519. The summed E-state index contributed by atoms with van der Waals surface area (Å²) in [5, 5.41) is 3.50. The van der Waals surface area contributed by atoms with Crippen molar-refractivity contribution >= 4 is 11.6 Å². The highest BCUT2D eigenvalue weighted by molar-refractivity contribution is 6.18. The van der Waals surface area contributed by atoms with E-state index in [1.165, 1.54) is 0 Å². The Labute approximate surface area is 99.7 Å². The Balaban J connectivity index is 3.82. The molecule has 0 fully saturated rings. The third-order valence-electron chi connectivity index (χ3n) is 2.75. The second kappa shape index (κ2) is 6.72. The molecule has 92 valence electrons. The number of halogens is 1. The normalized spacial score (nSPS) is 13.2. The monoisotopic (exact) mass is 235 g/mol. The van der Waals surface area contributed by atoms with Crippen molar-refractivity contribution in [2.75, 3.05) is 19.0 Å². The molecule has 0 aromatic rings. The summed E-state index contributed by atoms with van der Waals surface area (Å²) in [7, 11) is 0. The van der Waals surface area contributed by atoms with Crippen LogP contribution in [0.1, 0.15) is 47.5 Å². The van der Waals surface area contributed by atoms with E-state index in [9.17, 15) is 0 Å². The van der Waals surface area contributed by atoms with E-state index in [4.69, 9.17) is 16.3 Å². The highest BCUT2D eigenvalue weighted by atomic mass is 35.5. The predicted molar refractivity (Wildman–Crippen MR) is 67.7 cm³/mol. The lowest BCUT2D eigenvalue weighted by Crippen LogP contribution is -2.47. The summed E-state index contributed by atoms with van der Waals surface area (Å²) in [5.41, 5.74) is 0.0343. The first-order chi connectivity index (χ1) is 6.89. The number of rotatable bonds is 7. The van der Waals surface area contributed by atoms with Crippen LogP contribution >= 0.6 is 11.6 Å². The zero-order valence-corrected chi connectivity index (χ0v) is 11.6. The van der Waals surface area contributed by atoms with E-state index in [0.29, 0.717) is 5.88 Å². The maximum absolute atomic E-state index is 5.99. The summed E-state index contributed by atoms with van der Waals surface area (Å²) in [6, 6.07) is 0. The van der Waals surface area contributed by atoms with Crippen LogP contribution in [0.25, 0.3) is 0 Å². The molecule has 0 saturated carbocycles. The number of nitrogens with one attached hydrogen (secondary N) is 1. The van der Waals surface area contributed by atoms with E-state index >= 15 is 0 Å². The minimum Gasteiger partial charge on any atom is -0.375 e. The maximum atomic E-state index is 5.99. The van der Waals surface area contributed by atoms with Crippen molar-refractivity contribution in [3.63, 3.8) is 0 Å². The van der Waals surface area contributed by atoms with Crippen LogP contribution in [0.5, 0.6) is 0 Å². The van der Waals surface area contributed by atoms with Crippen LogP contribution in [0.3, 0.4) is 0 Å². The van der Waals surface area contributed by atoms with E-state index < -0.39 is 0 Å². The van der Waals surface area contributed by atoms with Crippen LogP contribution in [0.15, 0.2) is 0 Å². The fourth-order valence-corrected chi connectivity index (χ4v) is 1.88. The second-order valence-corrected chi connectivity index (χ2v) is 5.28. The SMILES string of the molecule is CCC(CC)(CCl)NCCOC(C)(C)C. The largest absolute Gasteiger partial charge is 0.375 e. The minimum atomic E-state index is -0.0519. The summed E-state index contributed by atoms with van der Waals surface area (Å²) in [6.45, 7) is 12.2. The van der Waals surface area contributed by atoms with Gasteiger partial charge in [0.15, 0.2) is 0 Å². The van der Waals surface area contributed by atoms with Crippen molar-refractivity contribution in [1.29, 1.82) is 0 Å². The van der Waals surface area contributed by atoms with Gasteiger partial charge in [-0.3, -0.25) is 0 Å². The highest BCUT2D eigenvalue weighted by Crippen LogP contribution is 2.16. The molecule has 0 bridgehead atoms. The Hall–Kier alpha value is 0.210. The molecule has 1 N–H and O–H groups in total. The van der Waals surface area contributed by atoms with Gasteiger partial charge in [0, 0.05) is 18.0 Å². The third kappa shape index (κ3) is 6.39. The Morgan fingerprint density at radius 2 is 1.67 bits per heavy atom. The number of alkyl halides is 1. The maximum Gasteiger partial charge on any atom is 0.0599 e. The number of ether oxygens (including phenoxy) is 1. The van der Waals surface area contributed by atoms with Crippen molar-refractivity contribution < 1.29 is 4.74 Å². The van der Waals surface area contributed by atoms with Crippen molar-refractivity contribution in [3.05, 3.63) is 0 Å². The lowest BCUT2D eigenvalue weighted by Gasteiger charge is -2.31. The highest BCUT2D eigenvalue weighted by Gasteiger charge is 2.23. The average Bonchev–Trinajstić information content (AvgIpc) is 2.18. The lowest BCUT2D eigenvalue weighted by atomic mass is 9.95. The van der Waals surface area contributed by atoms with Gasteiger partial charge >= 0.3 is 0 Å². The molecule has 0 aliphatic heterocycles. The average molecular weight is 236 g/mol. The summed E-state index contributed by atoms with van der Waals surface area (Å²) < 4.78 is 5.65. The number of hydrogen-bond acceptors (Lipinski definition) is 2. The molecular weight excluding hydrogens is 210 g/mol. The molecule has 15 heavy (non-hydrogen) atoms. The van der Waals surface area contributed by atoms with Gasteiger partial charge in [0.05, 0.1) is 12.2 Å². The van der Waals surface area contributed by atoms with Crippen LogP contribution in [0.4, 0.5) is 0 Å². The van der Waals surface area contributed by atoms with Crippen LogP contribution in [0.2, 0.25) is 0 Å². The van der Waals surface area contributed by atoms with E-state index in [0.717, 1.165) is 26.0 Å². The smallest absolute Gasteiger partial charge is 0.0599 e. The van der Waals surface area contributed by atoms with Gasteiger partial charge < -0.3 is 10.1 Å². The fraction of sp³-hybridized carbons (Fsp3) is 1.00. The molecule has 0 unspecified atom stereocenters. The van der Waals surface area contributed by atoms with Gasteiger partial charge in [0.2, 0.25) is 0 Å². The molecule has 0 atom stereocenters. The Morgan fingerprint density at radius 3 is 2.00 bits per heavy atom. The molecule has 0 aliphatic carbocycles. The lowest BCUT2D eigenvalue weighted by molar-refractivity contribution is -0.00320. The summed E-state index contributed by atoms with van der Waals surface area (Å²) in [5.74, 6) is 0.662. The third-order valence-corrected chi connectivity index (χ3v) is 3.26. The molecule has 0 rings (SSSR count). The molecule has 0 aromatic heterocycles. The molecule has 0 heterocycles. The second-order valence-electron chi connectivity index (χ2n) is 5.01. The molecule has 2 nitrogen and oxygen atoms in total. The van der Waals surface area contributed by atoms with Crippen LogP contribution in [0, 0.1) is 0 Å². The molecule has 3 heteroatoms. The summed E-state index contributed by atoms with van der Waals surface area (Å²) in [4.78, 5) is 0. The Bertz CT molecular complexity index is 153. The molecule has 0 saturated heterocycles. The van der Waals surface area contributed by atoms with E-state index in [-0.39, 0.29) is 11.1 Å². The zero-order chi connectivity index (χ0) is 11.9. The summed E-state index contributed by atoms with van der Waals surface area (Å²) in [6.07, 6.45) is 2.12. The zero-order valence-electron chi connectivity index (χ0n) is 10.8. The van der Waals surface area contributed by atoms with Gasteiger partial charge in [-0.1, -0.05) is 13.8 Å². The van der Waals surface area contributed by atoms with Crippen LogP contribution in [-0.4, -0.2) is 30.2 Å². The van der Waals surface area contributed by atoms with Gasteiger partial charge in [0.25, 0.3) is 0 Å². The molecule has 0 radical (unpaired) electrons. The standard InChI is InChI=1S/C12H26ClNO/c1-6-12(7-2,10-13)14-8-9-15-11(3,4)5/h14H,6-10H2,1-5H3. The first-order valence-corrected chi connectivity index (χ1v) is 6.37. The molecule has 0 aliphatic rings. The van der Waals surface area contributed by atoms with E-state index in [1.54, 1.807) is 0 Å².